The van der Waals surface area contributed by atoms with E-state index in [9.17, 15) is 13.2 Å². The maximum atomic E-state index is 12.6. The Balaban J connectivity index is 1.63. The summed E-state index contributed by atoms with van der Waals surface area (Å²) in [6.07, 6.45) is 4.32. The molecule has 3 rings (SSSR count). The van der Waals surface area contributed by atoms with Crippen LogP contribution in [0.15, 0.2) is 36.5 Å². The summed E-state index contributed by atoms with van der Waals surface area (Å²) >= 11 is 5.30. The number of carbonyl (C=O) groups is 1. The maximum Gasteiger partial charge on any atom is 0.269 e. The number of nitrogens with one attached hydrogen (secondary N) is 2. The molecule has 0 unspecified atom stereocenters. The third-order valence-electron chi connectivity index (χ3n) is 4.62. The second-order valence-electron chi connectivity index (χ2n) is 6.47. The van der Waals surface area contributed by atoms with Gasteiger partial charge in [-0.15, -0.1) is 0 Å². The number of sulfonamides is 1. The molecule has 1 aliphatic heterocycles. The smallest absolute Gasteiger partial charge is 0.269 e. The molecule has 1 amide bonds. The van der Waals surface area contributed by atoms with Gasteiger partial charge in [-0.3, -0.25) is 9.36 Å². The molecule has 2 N–H and O–H groups in total. The standard InChI is InChI=1S/C17H22N4O3S2/c1-26(23,24)20-9-7-13(8-10-20)11-18-16(22)15-12-19-17(25)21(15)14-5-3-2-4-6-14/h2-6,12-13H,7-11H2,1H3,(H,18,22)(H,19,25). The lowest BCUT2D eigenvalue weighted by Crippen LogP contribution is -2.41. The number of piperidine rings is 1. The quantitative estimate of drug-likeness (QED) is 0.759. The Morgan fingerprint density at radius 2 is 1.92 bits per heavy atom. The Bertz CT molecular complexity index is 926. The van der Waals surface area contributed by atoms with Crippen LogP contribution in [0.5, 0.6) is 0 Å². The lowest BCUT2D eigenvalue weighted by molar-refractivity contribution is 0.0934. The number of amides is 1. The fraction of sp³-hybridized carbons (Fsp3) is 0.412. The van der Waals surface area contributed by atoms with E-state index < -0.39 is 10.0 Å². The number of hydrogen-bond acceptors (Lipinski definition) is 4. The second kappa shape index (κ2) is 7.73. The van der Waals surface area contributed by atoms with E-state index >= 15 is 0 Å². The average Bonchev–Trinajstić information content (AvgIpc) is 3.01. The zero-order valence-corrected chi connectivity index (χ0v) is 16.1. The fourth-order valence-corrected chi connectivity index (χ4v) is 4.28. The predicted octanol–water partition coefficient (Wildman–Crippen LogP) is 1.94. The van der Waals surface area contributed by atoms with Crippen LogP contribution in [0.1, 0.15) is 23.3 Å². The van der Waals surface area contributed by atoms with Gasteiger partial charge in [0.15, 0.2) is 4.77 Å². The van der Waals surface area contributed by atoms with Crippen LogP contribution < -0.4 is 5.32 Å². The van der Waals surface area contributed by atoms with Crippen molar-refractivity contribution in [3.63, 3.8) is 0 Å². The summed E-state index contributed by atoms with van der Waals surface area (Å²) < 4.78 is 26.8. The number of nitrogens with zero attached hydrogens (tertiary/aromatic N) is 2. The number of carbonyl (C=O) groups excluding carboxylic acids is 1. The monoisotopic (exact) mass is 394 g/mol. The maximum absolute atomic E-state index is 12.6. The number of imidazole rings is 1. The number of para-hydroxylation sites is 1. The van der Waals surface area contributed by atoms with Gasteiger partial charge in [-0.1, -0.05) is 18.2 Å². The Kier molecular flexibility index (Phi) is 5.59. The van der Waals surface area contributed by atoms with E-state index in [0.717, 1.165) is 18.5 Å². The van der Waals surface area contributed by atoms with E-state index in [1.54, 1.807) is 10.8 Å². The van der Waals surface area contributed by atoms with Gasteiger partial charge < -0.3 is 10.3 Å². The molecule has 2 heterocycles. The Morgan fingerprint density at radius 1 is 1.27 bits per heavy atom. The average molecular weight is 395 g/mol. The lowest BCUT2D eigenvalue weighted by atomic mass is 9.98. The van der Waals surface area contributed by atoms with E-state index in [0.29, 0.717) is 30.1 Å². The molecule has 0 radical (unpaired) electrons. The summed E-state index contributed by atoms with van der Waals surface area (Å²) in [6.45, 7) is 1.52. The van der Waals surface area contributed by atoms with Crippen LogP contribution in [0.2, 0.25) is 0 Å². The van der Waals surface area contributed by atoms with Gasteiger partial charge in [0, 0.05) is 31.5 Å². The molecule has 0 spiro atoms. The van der Waals surface area contributed by atoms with Gasteiger partial charge in [0.1, 0.15) is 5.69 Å². The van der Waals surface area contributed by atoms with Gasteiger partial charge in [0.2, 0.25) is 10.0 Å². The molecule has 1 fully saturated rings. The summed E-state index contributed by atoms with van der Waals surface area (Å²) in [5.74, 6) is 0.0655. The molecule has 1 saturated heterocycles. The van der Waals surface area contributed by atoms with Gasteiger partial charge in [0.05, 0.1) is 6.26 Å². The Labute approximate surface area is 158 Å². The molecular weight excluding hydrogens is 372 g/mol. The van der Waals surface area contributed by atoms with Crippen LogP contribution >= 0.6 is 12.2 Å². The SMILES string of the molecule is CS(=O)(=O)N1CCC(CNC(=O)c2c[nH]c(=S)n2-c2ccccc2)CC1. The first-order valence-corrected chi connectivity index (χ1v) is 10.7. The number of rotatable bonds is 5. The first-order chi connectivity index (χ1) is 12.4. The molecule has 140 valence electrons. The van der Waals surface area contributed by atoms with Crippen LogP contribution in [0.25, 0.3) is 5.69 Å². The highest BCUT2D eigenvalue weighted by atomic mass is 32.2. The van der Waals surface area contributed by atoms with E-state index in [-0.39, 0.29) is 11.8 Å². The lowest BCUT2D eigenvalue weighted by Gasteiger charge is -2.30. The summed E-state index contributed by atoms with van der Waals surface area (Å²) in [5, 5.41) is 2.95. The molecule has 1 aromatic carbocycles. The molecule has 0 bridgehead atoms. The van der Waals surface area contributed by atoms with Gasteiger partial charge >= 0.3 is 0 Å². The summed E-state index contributed by atoms with van der Waals surface area (Å²) in [5.41, 5.74) is 1.28. The molecule has 0 aliphatic carbocycles. The number of aromatic amines is 1. The first kappa shape index (κ1) is 18.8. The number of hydrogen-bond donors (Lipinski definition) is 2. The number of benzene rings is 1. The topological polar surface area (TPSA) is 87.2 Å². The minimum atomic E-state index is -3.13. The van der Waals surface area contributed by atoms with Gasteiger partial charge in [-0.05, 0) is 43.1 Å². The summed E-state index contributed by atoms with van der Waals surface area (Å²) in [4.78, 5) is 15.5. The van der Waals surface area contributed by atoms with Crippen LogP contribution in [0.3, 0.4) is 0 Å². The zero-order chi connectivity index (χ0) is 18.7. The highest BCUT2D eigenvalue weighted by molar-refractivity contribution is 7.88. The third-order valence-corrected chi connectivity index (χ3v) is 6.22. The van der Waals surface area contributed by atoms with Crippen molar-refractivity contribution in [2.75, 3.05) is 25.9 Å². The number of aromatic nitrogens is 2. The molecule has 1 aromatic heterocycles. The molecule has 0 atom stereocenters. The van der Waals surface area contributed by atoms with E-state index in [4.69, 9.17) is 12.2 Å². The Hall–Kier alpha value is -1.97. The molecular formula is C17H22N4O3S2. The van der Waals surface area contributed by atoms with Crippen LogP contribution in [-0.4, -0.2) is 54.1 Å². The first-order valence-electron chi connectivity index (χ1n) is 8.45. The van der Waals surface area contributed by atoms with Crippen molar-refractivity contribution in [2.45, 2.75) is 12.8 Å². The fourth-order valence-electron chi connectivity index (χ4n) is 3.14. The van der Waals surface area contributed by atoms with Crippen molar-refractivity contribution in [3.05, 3.63) is 47.0 Å². The minimum absolute atomic E-state index is 0.202. The molecule has 26 heavy (non-hydrogen) atoms. The molecule has 9 heteroatoms. The number of H-pyrrole nitrogens is 1. The summed E-state index contributed by atoms with van der Waals surface area (Å²) in [6, 6.07) is 9.47. The molecule has 7 nitrogen and oxygen atoms in total. The zero-order valence-electron chi connectivity index (χ0n) is 14.5. The largest absolute Gasteiger partial charge is 0.350 e. The molecule has 2 aromatic rings. The van der Waals surface area contributed by atoms with Crippen LogP contribution in [-0.2, 0) is 10.0 Å². The second-order valence-corrected chi connectivity index (χ2v) is 8.83. The highest BCUT2D eigenvalue weighted by Crippen LogP contribution is 2.19. The summed E-state index contributed by atoms with van der Waals surface area (Å²) in [7, 11) is -3.13. The molecule has 1 aliphatic rings. The van der Waals surface area contributed by atoms with Crippen molar-refractivity contribution in [3.8, 4) is 5.69 Å². The van der Waals surface area contributed by atoms with Crippen molar-refractivity contribution < 1.29 is 13.2 Å². The third kappa shape index (κ3) is 4.22. The minimum Gasteiger partial charge on any atom is -0.350 e. The van der Waals surface area contributed by atoms with Gasteiger partial charge in [-0.2, -0.15) is 0 Å². The van der Waals surface area contributed by atoms with Crippen molar-refractivity contribution >= 4 is 28.1 Å². The van der Waals surface area contributed by atoms with Gasteiger partial charge in [0.25, 0.3) is 5.91 Å². The predicted molar refractivity (Wildman–Crippen MR) is 102 cm³/mol. The molecule has 0 saturated carbocycles. The van der Waals surface area contributed by atoms with Crippen molar-refractivity contribution in [1.82, 2.24) is 19.2 Å². The van der Waals surface area contributed by atoms with Crippen LogP contribution in [0, 0.1) is 10.7 Å². The Morgan fingerprint density at radius 3 is 2.54 bits per heavy atom. The normalized spacial score (nSPS) is 16.5. The van der Waals surface area contributed by atoms with E-state index in [1.165, 1.54) is 10.6 Å². The van der Waals surface area contributed by atoms with Crippen molar-refractivity contribution in [1.29, 1.82) is 0 Å². The van der Waals surface area contributed by atoms with E-state index in [1.807, 2.05) is 30.3 Å². The highest BCUT2D eigenvalue weighted by Gasteiger charge is 2.25. The van der Waals surface area contributed by atoms with Crippen molar-refractivity contribution in [2.24, 2.45) is 5.92 Å². The van der Waals surface area contributed by atoms with E-state index in [2.05, 4.69) is 10.3 Å². The van der Waals surface area contributed by atoms with Crippen LogP contribution in [0.4, 0.5) is 0 Å². The van der Waals surface area contributed by atoms with Gasteiger partial charge in [-0.25, -0.2) is 12.7 Å².